The second-order valence-electron chi connectivity index (χ2n) is 12.2. The predicted octanol–water partition coefficient (Wildman–Crippen LogP) is 4.96. The molecule has 0 fully saturated rings. The first-order valence-electron chi connectivity index (χ1n) is 14.2. The number of hydrogen-bond acceptors (Lipinski definition) is 8. The van der Waals surface area contributed by atoms with Crippen LogP contribution in [0.1, 0.15) is 6.92 Å². The van der Waals surface area contributed by atoms with E-state index in [2.05, 4.69) is 127 Å². The van der Waals surface area contributed by atoms with Gasteiger partial charge in [0.05, 0.1) is 14.2 Å². The maximum Gasteiger partial charge on any atom is 0.332 e. The van der Waals surface area contributed by atoms with E-state index in [1.807, 2.05) is 0 Å². The SMILES string of the molecule is C=C(C)C(=O)OC.C=CC(=O)OC.C[SiH2]O[Si](C)(C)C.C[SiH2]O[Si](C)(C)C.C[SiH2]O[Si](C)(C)C.C[SiH2]O[Si](C)(C)C. The van der Waals surface area contributed by atoms with E-state index in [-0.39, 0.29) is 45.0 Å². The predicted molar refractivity (Wildman–Crippen MR) is 204 cm³/mol. The first kappa shape index (κ1) is 53.5. The Hall–Kier alpha value is -0.00494. The normalized spacial score (nSPS) is 11.7. The third-order valence-corrected chi connectivity index (χ3v) is 21.7. The molecule has 0 heterocycles. The lowest BCUT2D eigenvalue weighted by atomic mass is 10.4. The summed E-state index contributed by atoms with van der Waals surface area (Å²) < 4.78 is 30.4. The van der Waals surface area contributed by atoms with Crippen molar-refractivity contribution >= 4 is 84.3 Å². The minimum atomic E-state index is -1.10. The van der Waals surface area contributed by atoms with E-state index >= 15 is 0 Å². The van der Waals surface area contributed by atoms with Gasteiger partial charge in [0.2, 0.25) is 0 Å². The summed E-state index contributed by atoms with van der Waals surface area (Å²) in [7, 11) is -2.26. The van der Waals surface area contributed by atoms with Gasteiger partial charge in [0, 0.05) is 11.6 Å². The summed E-state index contributed by atoms with van der Waals surface area (Å²) in [5, 5.41) is 0. The quantitative estimate of drug-likeness (QED) is 0.178. The van der Waals surface area contributed by atoms with Crippen LogP contribution in [0.25, 0.3) is 0 Å². The minimum absolute atomic E-state index is 0.128. The Labute approximate surface area is 269 Å². The molecule has 0 saturated carbocycles. The molecule has 0 N–H and O–H groups in total. The van der Waals surface area contributed by atoms with E-state index in [9.17, 15) is 9.59 Å². The lowest BCUT2D eigenvalue weighted by molar-refractivity contribution is -0.136. The van der Waals surface area contributed by atoms with Gasteiger partial charge in [0.15, 0.2) is 33.3 Å². The third-order valence-electron chi connectivity index (χ3n) is 3.21. The molecule has 0 unspecified atom stereocenters. The molecule has 0 aliphatic carbocycles. The van der Waals surface area contributed by atoms with E-state index in [1.165, 1.54) is 14.2 Å². The number of esters is 2. The number of carbonyl (C=O) groups excluding carboxylic acids is 2. The minimum Gasteiger partial charge on any atom is -0.466 e. The summed E-state index contributed by atoms with van der Waals surface area (Å²) in [6.45, 7) is 43.5. The van der Waals surface area contributed by atoms with E-state index < -0.39 is 39.2 Å². The van der Waals surface area contributed by atoms with Gasteiger partial charge >= 0.3 is 11.9 Å². The summed E-state index contributed by atoms with van der Waals surface area (Å²) in [5.41, 5.74) is 0.433. The van der Waals surface area contributed by atoms with Crippen LogP contribution in [0.15, 0.2) is 24.8 Å². The molecular weight excluding hydrogens is 653 g/mol. The molecule has 0 saturated heterocycles. The van der Waals surface area contributed by atoms with Gasteiger partial charge in [-0.3, -0.25) is 0 Å². The van der Waals surface area contributed by atoms with Crippen LogP contribution >= 0.6 is 0 Å². The number of ether oxygens (including phenoxy) is 2. The van der Waals surface area contributed by atoms with Crippen LogP contribution in [0.4, 0.5) is 0 Å². The molecule has 0 bridgehead atoms. The van der Waals surface area contributed by atoms with Crippen molar-refractivity contribution in [2.75, 3.05) is 14.2 Å². The van der Waals surface area contributed by atoms with Crippen LogP contribution in [-0.4, -0.2) is 98.5 Å². The first-order chi connectivity index (χ1) is 18.2. The average Bonchev–Trinajstić information content (AvgIpc) is 2.76. The largest absolute Gasteiger partial charge is 0.466 e. The molecule has 8 nitrogen and oxygen atoms in total. The maximum atomic E-state index is 10.2. The zero-order valence-electron chi connectivity index (χ0n) is 30.6. The summed E-state index contributed by atoms with van der Waals surface area (Å²) in [6, 6.07) is 0. The zero-order valence-corrected chi connectivity index (χ0v) is 40.2. The van der Waals surface area contributed by atoms with Gasteiger partial charge in [-0.25, -0.2) is 9.59 Å². The number of rotatable bonds is 10. The summed E-state index contributed by atoms with van der Waals surface area (Å²) in [6.07, 6.45) is 1.11. The molecule has 0 aromatic heterocycles. The van der Waals surface area contributed by atoms with Crippen LogP contribution in [-0.2, 0) is 35.5 Å². The van der Waals surface area contributed by atoms with Gasteiger partial charge < -0.3 is 25.9 Å². The maximum absolute atomic E-state index is 10.2. The fourth-order valence-corrected chi connectivity index (χ4v) is 15.8. The number of carbonyl (C=O) groups is 2. The molecule has 0 aromatic rings. The van der Waals surface area contributed by atoms with Gasteiger partial charge in [-0.1, -0.05) is 39.3 Å². The standard InChI is InChI=1S/C5H8O2.C4H6O2.4C4H14OSi2/c1-4(2)5(6)7-3;1-3-4(5)6-2;4*1-6-5-7(2,3)4/h1H2,2-3H3;3H,1H2,2H3;4*6H2,1-4H3. The van der Waals surface area contributed by atoms with Crippen LogP contribution < -0.4 is 0 Å². The fraction of sp³-hybridized carbons (Fsp3) is 0.760. The molecular formula is C25H70O8Si8. The Balaban J connectivity index is -0.0000000897. The molecule has 0 atom stereocenters. The summed E-state index contributed by atoms with van der Waals surface area (Å²) in [5.74, 6) is -0.741. The molecule has 250 valence electrons. The second kappa shape index (κ2) is 31.4. The van der Waals surface area contributed by atoms with Gasteiger partial charge in [-0.2, -0.15) is 0 Å². The Morgan fingerprint density at radius 3 is 0.780 bits per heavy atom. The molecule has 0 spiro atoms. The van der Waals surface area contributed by atoms with Crippen molar-refractivity contribution in [2.24, 2.45) is 0 Å². The van der Waals surface area contributed by atoms with Crippen molar-refractivity contribution in [3.63, 3.8) is 0 Å². The zero-order chi connectivity index (χ0) is 34.5. The average molecular weight is 724 g/mol. The van der Waals surface area contributed by atoms with Crippen LogP contribution in [0, 0.1) is 0 Å². The molecule has 0 aliphatic rings. The Kier molecular flexibility index (Phi) is 41.0. The van der Waals surface area contributed by atoms with E-state index in [4.69, 9.17) is 16.5 Å². The van der Waals surface area contributed by atoms with E-state index in [0.29, 0.717) is 5.57 Å². The highest BCUT2D eigenvalue weighted by Crippen LogP contribution is 2.01. The van der Waals surface area contributed by atoms with Crippen molar-refractivity contribution in [2.45, 2.75) is 112 Å². The van der Waals surface area contributed by atoms with Gasteiger partial charge in [0.1, 0.15) is 39.1 Å². The summed E-state index contributed by atoms with van der Waals surface area (Å²) >= 11 is 0. The summed E-state index contributed by atoms with van der Waals surface area (Å²) in [4.78, 5) is 20.0. The molecule has 0 aliphatic heterocycles. The fourth-order valence-electron chi connectivity index (χ4n) is 1.99. The van der Waals surface area contributed by atoms with Crippen molar-refractivity contribution in [3.8, 4) is 0 Å². The molecule has 0 rings (SSSR count). The molecule has 16 heteroatoms. The lowest BCUT2D eigenvalue weighted by Crippen LogP contribution is -2.26. The van der Waals surface area contributed by atoms with Crippen LogP contribution in [0.3, 0.4) is 0 Å². The number of methoxy groups -OCH3 is 2. The topological polar surface area (TPSA) is 89.5 Å². The Morgan fingerprint density at radius 2 is 0.780 bits per heavy atom. The highest BCUT2D eigenvalue weighted by Gasteiger charge is 2.12. The number of hydrogen-bond donors (Lipinski definition) is 0. The van der Waals surface area contributed by atoms with Gasteiger partial charge in [0.25, 0.3) is 0 Å². The Bertz CT molecular complexity index is 575. The van der Waals surface area contributed by atoms with Crippen molar-refractivity contribution in [1.82, 2.24) is 0 Å². The highest BCUT2D eigenvalue weighted by atomic mass is 28.4. The first-order valence-corrected chi connectivity index (χ1v) is 35.8. The van der Waals surface area contributed by atoms with Gasteiger partial charge in [-0.05, 0) is 85.5 Å². The van der Waals surface area contributed by atoms with Crippen molar-refractivity contribution < 1.29 is 35.5 Å². The van der Waals surface area contributed by atoms with Crippen LogP contribution in [0.2, 0.25) is 105 Å². The molecule has 0 aromatic carbocycles. The molecule has 0 amide bonds. The monoisotopic (exact) mass is 722 g/mol. The third kappa shape index (κ3) is 85.4. The highest BCUT2D eigenvalue weighted by molar-refractivity contribution is 6.75. The Morgan fingerprint density at radius 1 is 0.561 bits per heavy atom. The van der Waals surface area contributed by atoms with Crippen LogP contribution in [0.5, 0.6) is 0 Å². The molecule has 0 radical (unpaired) electrons. The van der Waals surface area contributed by atoms with Gasteiger partial charge in [-0.15, -0.1) is 0 Å². The van der Waals surface area contributed by atoms with Crippen molar-refractivity contribution in [1.29, 1.82) is 0 Å². The second-order valence-corrected chi connectivity index (χ2v) is 36.0. The van der Waals surface area contributed by atoms with E-state index in [0.717, 1.165) is 6.08 Å². The lowest BCUT2D eigenvalue weighted by Gasteiger charge is -2.14. The van der Waals surface area contributed by atoms with E-state index in [1.54, 1.807) is 6.92 Å². The van der Waals surface area contributed by atoms with Crippen molar-refractivity contribution in [3.05, 3.63) is 24.8 Å². The molecule has 41 heavy (non-hydrogen) atoms. The smallest absolute Gasteiger partial charge is 0.332 e.